The van der Waals surface area contributed by atoms with Gasteiger partial charge in [0.2, 0.25) is 0 Å². The minimum absolute atomic E-state index is 0.148. The normalized spacial score (nSPS) is 11.5. The fourth-order valence-electron chi connectivity index (χ4n) is 1.67. The number of hydrogen-bond acceptors (Lipinski definition) is 6. The number of thioether (sulfide) groups is 1. The highest BCUT2D eigenvalue weighted by atomic mass is 32.2. The molecule has 0 atom stereocenters. The smallest absolute Gasteiger partial charge is 0.313 e. The van der Waals surface area contributed by atoms with Crippen LogP contribution in [0.4, 0.5) is 0 Å². The lowest BCUT2D eigenvalue weighted by Gasteiger charge is -2.27. The molecule has 0 spiro atoms. The molecule has 0 amide bonds. The van der Waals surface area contributed by atoms with Gasteiger partial charge in [-0.2, -0.15) is 4.98 Å². The fraction of sp³-hybridized carbons (Fsp3) is 0.333. The molecule has 106 valence electrons. The molecular formula is C12H13N3O3S2. The van der Waals surface area contributed by atoms with Crippen molar-refractivity contribution in [1.82, 2.24) is 14.5 Å². The molecule has 6 nitrogen and oxygen atoms in total. The molecule has 2 rings (SSSR count). The lowest BCUT2D eigenvalue weighted by Crippen LogP contribution is -2.31. The van der Waals surface area contributed by atoms with Crippen molar-refractivity contribution in [1.29, 1.82) is 0 Å². The number of nitrogens with zero attached hydrogens (tertiary/aromatic N) is 3. The molecule has 0 saturated carbocycles. The van der Waals surface area contributed by atoms with Crippen LogP contribution in [0.3, 0.4) is 0 Å². The van der Waals surface area contributed by atoms with Crippen molar-refractivity contribution < 1.29 is 9.90 Å². The summed E-state index contributed by atoms with van der Waals surface area (Å²) in [6.07, 6.45) is 3.34. The summed E-state index contributed by atoms with van der Waals surface area (Å²) in [5.41, 5.74) is -0.889. The third-order valence-corrected chi connectivity index (χ3v) is 4.68. The maximum Gasteiger partial charge on any atom is 0.313 e. The molecule has 0 bridgehead atoms. The molecule has 2 aromatic rings. The Balaban J connectivity index is 2.45. The molecule has 0 unspecified atom stereocenters. The second kappa shape index (κ2) is 5.76. The zero-order valence-electron chi connectivity index (χ0n) is 10.9. The molecule has 8 heteroatoms. The summed E-state index contributed by atoms with van der Waals surface area (Å²) < 4.78 is 1.78. The third kappa shape index (κ3) is 3.07. The van der Waals surface area contributed by atoms with Crippen LogP contribution in [0.2, 0.25) is 0 Å². The van der Waals surface area contributed by atoms with Crippen molar-refractivity contribution in [2.45, 2.75) is 24.5 Å². The van der Waals surface area contributed by atoms with E-state index >= 15 is 0 Å². The van der Waals surface area contributed by atoms with Crippen LogP contribution < -0.4 is 5.56 Å². The minimum Gasteiger partial charge on any atom is -0.481 e. The van der Waals surface area contributed by atoms with Crippen LogP contribution in [0, 0.1) is 0 Å². The van der Waals surface area contributed by atoms with E-state index in [1.807, 2.05) is 19.2 Å². The van der Waals surface area contributed by atoms with Gasteiger partial charge in [0.1, 0.15) is 5.01 Å². The van der Waals surface area contributed by atoms with Crippen molar-refractivity contribution in [2.24, 2.45) is 0 Å². The van der Waals surface area contributed by atoms with E-state index in [0.29, 0.717) is 5.16 Å². The molecule has 0 aromatic carbocycles. The van der Waals surface area contributed by atoms with Crippen molar-refractivity contribution in [2.75, 3.05) is 5.75 Å². The Hall–Kier alpha value is -1.67. The molecule has 0 fully saturated rings. The molecule has 1 N–H and O–H groups in total. The predicted molar refractivity (Wildman–Crippen MR) is 77.4 cm³/mol. The van der Waals surface area contributed by atoms with Crippen LogP contribution in [0.15, 0.2) is 33.8 Å². The molecular weight excluding hydrogens is 298 g/mol. The van der Waals surface area contributed by atoms with Gasteiger partial charge in [0.25, 0.3) is 5.56 Å². The van der Waals surface area contributed by atoms with Crippen molar-refractivity contribution in [3.8, 4) is 0 Å². The van der Waals surface area contributed by atoms with Gasteiger partial charge in [-0.05, 0) is 13.8 Å². The first-order valence-electron chi connectivity index (χ1n) is 5.76. The predicted octanol–water partition coefficient (Wildman–Crippen LogP) is 1.66. The number of hydrogen-bond donors (Lipinski definition) is 1. The summed E-state index contributed by atoms with van der Waals surface area (Å²) in [6, 6.07) is 1.36. The van der Waals surface area contributed by atoms with Gasteiger partial charge in [-0.25, -0.2) is 4.98 Å². The molecule has 2 aromatic heterocycles. The SMILES string of the molecule is CC(C)(c1nccs1)n1ccc(=O)nc1SCC(=O)O. The third-order valence-electron chi connectivity index (χ3n) is 2.66. The first-order valence-corrected chi connectivity index (χ1v) is 7.62. The fourth-order valence-corrected chi connectivity index (χ4v) is 3.26. The van der Waals surface area contributed by atoms with Gasteiger partial charge in [0, 0.05) is 23.8 Å². The Morgan fingerprint density at radius 2 is 2.30 bits per heavy atom. The van der Waals surface area contributed by atoms with E-state index in [0.717, 1.165) is 16.8 Å². The minimum atomic E-state index is -0.952. The first-order chi connectivity index (χ1) is 9.41. The van der Waals surface area contributed by atoms with Gasteiger partial charge < -0.3 is 9.67 Å². The van der Waals surface area contributed by atoms with Crippen LogP contribution in [-0.4, -0.2) is 31.4 Å². The highest BCUT2D eigenvalue weighted by Gasteiger charge is 2.27. The molecule has 0 aliphatic heterocycles. The van der Waals surface area contributed by atoms with Gasteiger partial charge >= 0.3 is 5.97 Å². The molecule has 0 radical (unpaired) electrons. The van der Waals surface area contributed by atoms with Gasteiger partial charge in [0.05, 0.1) is 11.3 Å². The van der Waals surface area contributed by atoms with E-state index in [-0.39, 0.29) is 11.3 Å². The zero-order valence-corrected chi connectivity index (χ0v) is 12.6. The highest BCUT2D eigenvalue weighted by Crippen LogP contribution is 2.30. The van der Waals surface area contributed by atoms with Gasteiger partial charge in [-0.15, -0.1) is 11.3 Å². The Morgan fingerprint density at radius 1 is 1.55 bits per heavy atom. The van der Waals surface area contributed by atoms with Crippen molar-refractivity contribution >= 4 is 29.1 Å². The standard InChI is InChI=1S/C12H13N3O3S2/c1-12(2,10-13-4-6-19-10)15-5-3-8(16)14-11(15)20-7-9(17)18/h3-6H,7H2,1-2H3,(H,17,18). The summed E-state index contributed by atoms with van der Waals surface area (Å²) in [6.45, 7) is 3.89. The molecule has 0 saturated heterocycles. The summed E-state index contributed by atoms with van der Waals surface area (Å²) in [5.74, 6) is -1.10. The molecule has 0 aliphatic rings. The average Bonchev–Trinajstić information content (AvgIpc) is 2.90. The van der Waals surface area contributed by atoms with E-state index in [9.17, 15) is 9.59 Å². The number of carbonyl (C=O) groups is 1. The number of carboxylic acid groups (broad SMARTS) is 1. The van der Waals surface area contributed by atoms with Gasteiger partial charge in [0.15, 0.2) is 5.16 Å². The quantitative estimate of drug-likeness (QED) is 0.668. The van der Waals surface area contributed by atoms with E-state index in [1.165, 1.54) is 17.4 Å². The number of carboxylic acids is 1. The van der Waals surface area contributed by atoms with E-state index in [1.54, 1.807) is 17.0 Å². The van der Waals surface area contributed by atoms with Crippen molar-refractivity contribution in [3.05, 3.63) is 39.2 Å². The number of aliphatic carboxylic acids is 1. The maximum absolute atomic E-state index is 11.4. The summed E-state index contributed by atoms with van der Waals surface area (Å²) in [4.78, 5) is 30.3. The van der Waals surface area contributed by atoms with Crippen LogP contribution in [0.1, 0.15) is 18.9 Å². The molecule has 0 aliphatic carbocycles. The van der Waals surface area contributed by atoms with Gasteiger partial charge in [-0.1, -0.05) is 11.8 Å². The molecule has 20 heavy (non-hydrogen) atoms. The highest BCUT2D eigenvalue weighted by molar-refractivity contribution is 7.99. The Labute approximate surface area is 123 Å². The summed E-state index contributed by atoms with van der Waals surface area (Å²) in [5, 5.41) is 11.9. The number of thiazole rings is 1. The maximum atomic E-state index is 11.4. The van der Waals surface area contributed by atoms with E-state index in [2.05, 4.69) is 9.97 Å². The second-order valence-electron chi connectivity index (χ2n) is 4.50. The van der Waals surface area contributed by atoms with Crippen molar-refractivity contribution in [3.63, 3.8) is 0 Å². The Kier molecular flexibility index (Phi) is 4.24. The van der Waals surface area contributed by atoms with E-state index in [4.69, 9.17) is 5.11 Å². The van der Waals surface area contributed by atoms with Crippen LogP contribution in [0.5, 0.6) is 0 Å². The lowest BCUT2D eigenvalue weighted by molar-refractivity contribution is -0.133. The zero-order chi connectivity index (χ0) is 14.8. The number of rotatable bonds is 5. The topological polar surface area (TPSA) is 85.1 Å². The first kappa shape index (κ1) is 14.7. The monoisotopic (exact) mass is 311 g/mol. The largest absolute Gasteiger partial charge is 0.481 e. The summed E-state index contributed by atoms with van der Waals surface area (Å²) >= 11 is 2.52. The number of aromatic nitrogens is 3. The lowest BCUT2D eigenvalue weighted by atomic mass is 10.1. The van der Waals surface area contributed by atoms with E-state index < -0.39 is 11.5 Å². The molecule has 2 heterocycles. The summed E-state index contributed by atoms with van der Waals surface area (Å²) in [7, 11) is 0. The van der Waals surface area contributed by atoms with Crippen LogP contribution >= 0.6 is 23.1 Å². The Bertz CT molecular complexity index is 665. The average molecular weight is 311 g/mol. The Morgan fingerprint density at radius 3 is 2.90 bits per heavy atom. The second-order valence-corrected chi connectivity index (χ2v) is 6.33. The van der Waals surface area contributed by atoms with Crippen LogP contribution in [0.25, 0.3) is 0 Å². The van der Waals surface area contributed by atoms with Crippen LogP contribution in [-0.2, 0) is 10.3 Å². The van der Waals surface area contributed by atoms with Gasteiger partial charge in [-0.3, -0.25) is 9.59 Å².